The smallest absolute Gasteiger partial charge is 0.264 e. The summed E-state index contributed by atoms with van der Waals surface area (Å²) >= 11 is 0.996. The molecule has 1 aliphatic heterocycles. The number of methoxy groups -OCH3 is 1. The zero-order valence-corrected chi connectivity index (χ0v) is 16.2. The van der Waals surface area contributed by atoms with Crippen molar-refractivity contribution in [3.63, 3.8) is 0 Å². The number of amides is 1. The number of benzene rings is 1. The Morgan fingerprint density at radius 2 is 2.19 bits per heavy atom. The van der Waals surface area contributed by atoms with Gasteiger partial charge < -0.3 is 10.1 Å². The summed E-state index contributed by atoms with van der Waals surface area (Å²) in [5.74, 6) is 0.287. The lowest BCUT2D eigenvalue weighted by atomic mass is 10.0. The van der Waals surface area contributed by atoms with Gasteiger partial charge in [-0.15, -0.1) is 5.10 Å². The van der Waals surface area contributed by atoms with Crippen LogP contribution in [0, 0.1) is 6.92 Å². The van der Waals surface area contributed by atoms with Gasteiger partial charge in [0.25, 0.3) is 5.91 Å². The van der Waals surface area contributed by atoms with E-state index >= 15 is 0 Å². The fraction of sp³-hybridized carbons (Fsp3) is 0.438. The maximum Gasteiger partial charge on any atom is 0.264 e. The highest BCUT2D eigenvalue weighted by molar-refractivity contribution is 7.89. The molecule has 140 valence electrons. The van der Waals surface area contributed by atoms with E-state index in [2.05, 4.69) is 14.9 Å². The minimum Gasteiger partial charge on any atom is -0.497 e. The molecule has 0 aliphatic carbocycles. The fourth-order valence-electron chi connectivity index (χ4n) is 2.81. The van der Waals surface area contributed by atoms with E-state index in [1.54, 1.807) is 14.0 Å². The standard InChI is InChI=1S/C16H20N4O4S2/c1-11-15(25-19-18-11)16(21)17-6-8-26(22,23)20-7-5-12-9-14(24-2)4-3-13(12)10-20/h3-4,9H,5-8,10H2,1-2H3,(H,17,21). The van der Waals surface area contributed by atoms with Crippen molar-refractivity contribution in [3.05, 3.63) is 39.9 Å². The van der Waals surface area contributed by atoms with E-state index in [4.69, 9.17) is 4.74 Å². The third-order valence-electron chi connectivity index (χ3n) is 4.29. The zero-order valence-electron chi connectivity index (χ0n) is 14.6. The molecule has 1 aromatic carbocycles. The molecule has 2 heterocycles. The Labute approximate surface area is 156 Å². The van der Waals surface area contributed by atoms with E-state index < -0.39 is 10.0 Å². The molecule has 0 bridgehead atoms. The molecule has 0 radical (unpaired) electrons. The number of hydrogen-bond acceptors (Lipinski definition) is 7. The SMILES string of the molecule is COc1ccc2c(c1)CCN(S(=O)(=O)CCNC(=O)c1snnc1C)C2. The van der Waals surface area contributed by atoms with Crippen LogP contribution in [0.1, 0.15) is 26.5 Å². The number of sulfonamides is 1. The highest BCUT2D eigenvalue weighted by Gasteiger charge is 2.27. The maximum atomic E-state index is 12.6. The van der Waals surface area contributed by atoms with E-state index in [1.807, 2.05) is 18.2 Å². The Morgan fingerprint density at radius 3 is 2.88 bits per heavy atom. The largest absolute Gasteiger partial charge is 0.497 e. The van der Waals surface area contributed by atoms with Crippen molar-refractivity contribution in [2.75, 3.05) is 26.0 Å². The number of nitrogens with zero attached hydrogens (tertiary/aromatic N) is 3. The summed E-state index contributed by atoms with van der Waals surface area (Å²) in [6.07, 6.45) is 0.643. The molecule has 0 fully saturated rings. The highest BCUT2D eigenvalue weighted by Crippen LogP contribution is 2.25. The molecule has 26 heavy (non-hydrogen) atoms. The second kappa shape index (κ2) is 7.68. The molecule has 0 saturated heterocycles. The molecule has 1 N–H and O–H groups in total. The van der Waals surface area contributed by atoms with E-state index in [-0.39, 0.29) is 18.2 Å². The number of ether oxygens (including phenoxy) is 1. The Kier molecular flexibility index (Phi) is 5.54. The molecule has 3 rings (SSSR count). The Bertz CT molecular complexity index is 911. The van der Waals surface area contributed by atoms with Crippen molar-refractivity contribution < 1.29 is 17.9 Å². The van der Waals surface area contributed by atoms with Crippen molar-refractivity contribution >= 4 is 27.5 Å². The lowest BCUT2D eigenvalue weighted by Crippen LogP contribution is -2.40. The number of fused-ring (bicyclic) bond motifs is 1. The number of hydrogen-bond donors (Lipinski definition) is 1. The number of rotatable bonds is 6. The number of carbonyl (C=O) groups is 1. The van der Waals surface area contributed by atoms with Gasteiger partial charge in [0.1, 0.15) is 10.6 Å². The van der Waals surface area contributed by atoms with Gasteiger partial charge in [0.15, 0.2) is 0 Å². The number of carbonyl (C=O) groups excluding carboxylic acids is 1. The Balaban J connectivity index is 1.58. The monoisotopic (exact) mass is 396 g/mol. The number of aryl methyl sites for hydroxylation is 1. The average Bonchev–Trinajstić information content (AvgIpc) is 3.06. The summed E-state index contributed by atoms with van der Waals surface area (Å²) in [6.45, 7) is 2.50. The second-order valence-electron chi connectivity index (χ2n) is 5.98. The predicted molar refractivity (Wildman–Crippen MR) is 97.9 cm³/mol. The summed E-state index contributed by atoms with van der Waals surface area (Å²) in [5, 5.41) is 6.40. The number of aromatic nitrogens is 2. The van der Waals surface area contributed by atoms with E-state index in [9.17, 15) is 13.2 Å². The first kappa shape index (κ1) is 18.7. The van der Waals surface area contributed by atoms with Gasteiger partial charge in [-0.2, -0.15) is 4.31 Å². The van der Waals surface area contributed by atoms with E-state index in [0.717, 1.165) is 28.4 Å². The van der Waals surface area contributed by atoms with Crippen molar-refractivity contribution in [1.29, 1.82) is 0 Å². The number of nitrogens with one attached hydrogen (secondary N) is 1. The van der Waals surface area contributed by atoms with Gasteiger partial charge in [0.2, 0.25) is 10.0 Å². The van der Waals surface area contributed by atoms with Crippen molar-refractivity contribution in [2.45, 2.75) is 19.9 Å². The summed E-state index contributed by atoms with van der Waals surface area (Å²) in [5.41, 5.74) is 2.63. The van der Waals surface area contributed by atoms with Crippen LogP contribution in [-0.4, -0.2) is 54.2 Å². The van der Waals surface area contributed by atoms with Crippen molar-refractivity contribution in [3.8, 4) is 5.75 Å². The topological polar surface area (TPSA) is 101 Å². The van der Waals surface area contributed by atoms with E-state index in [0.29, 0.717) is 30.1 Å². The molecule has 2 aromatic rings. The van der Waals surface area contributed by atoms with Crippen LogP contribution in [0.5, 0.6) is 5.75 Å². The van der Waals surface area contributed by atoms with Crippen LogP contribution in [0.25, 0.3) is 0 Å². The molecule has 0 atom stereocenters. The predicted octanol–water partition coefficient (Wildman–Crippen LogP) is 0.973. The minimum atomic E-state index is -3.46. The van der Waals surface area contributed by atoms with Gasteiger partial charge in [-0.25, -0.2) is 8.42 Å². The lowest BCUT2D eigenvalue weighted by molar-refractivity contribution is 0.0959. The molecule has 1 aliphatic rings. The van der Waals surface area contributed by atoms with E-state index in [1.165, 1.54) is 4.31 Å². The van der Waals surface area contributed by atoms with Gasteiger partial charge in [0, 0.05) is 19.6 Å². The summed E-state index contributed by atoms with van der Waals surface area (Å²) < 4.78 is 35.5. The minimum absolute atomic E-state index is 0.0461. The third-order valence-corrected chi connectivity index (χ3v) is 6.93. The van der Waals surface area contributed by atoms with Crippen LogP contribution in [-0.2, 0) is 23.0 Å². The molecule has 8 nitrogen and oxygen atoms in total. The van der Waals surface area contributed by atoms with Gasteiger partial charge >= 0.3 is 0 Å². The normalized spacial score (nSPS) is 14.7. The average molecular weight is 396 g/mol. The quantitative estimate of drug-likeness (QED) is 0.781. The van der Waals surface area contributed by atoms with Crippen LogP contribution in [0.3, 0.4) is 0 Å². The van der Waals surface area contributed by atoms with Crippen LogP contribution in [0.4, 0.5) is 0 Å². The summed E-state index contributed by atoms with van der Waals surface area (Å²) in [6, 6.07) is 5.68. The molecule has 10 heteroatoms. The van der Waals surface area contributed by atoms with Crippen LogP contribution >= 0.6 is 11.5 Å². The van der Waals surface area contributed by atoms with Gasteiger partial charge in [-0.05, 0) is 48.1 Å². The maximum absolute atomic E-state index is 12.6. The van der Waals surface area contributed by atoms with Crippen LogP contribution in [0.2, 0.25) is 0 Å². The molecular weight excluding hydrogens is 376 g/mol. The molecule has 1 aromatic heterocycles. The van der Waals surface area contributed by atoms with Crippen molar-refractivity contribution in [2.24, 2.45) is 0 Å². The molecule has 0 unspecified atom stereocenters. The van der Waals surface area contributed by atoms with Crippen LogP contribution in [0.15, 0.2) is 18.2 Å². The first-order valence-corrected chi connectivity index (χ1v) is 10.5. The molecule has 1 amide bonds. The van der Waals surface area contributed by atoms with Gasteiger partial charge in [0.05, 0.1) is 18.6 Å². The molecule has 0 saturated carbocycles. The Morgan fingerprint density at radius 1 is 1.38 bits per heavy atom. The summed E-state index contributed by atoms with van der Waals surface area (Å²) in [7, 11) is -1.85. The lowest BCUT2D eigenvalue weighted by Gasteiger charge is -2.28. The first-order chi connectivity index (χ1) is 12.4. The fourth-order valence-corrected chi connectivity index (χ4v) is 4.71. The zero-order chi connectivity index (χ0) is 18.7. The second-order valence-corrected chi connectivity index (χ2v) is 8.82. The first-order valence-electron chi connectivity index (χ1n) is 8.11. The van der Waals surface area contributed by atoms with Crippen molar-refractivity contribution in [1.82, 2.24) is 19.2 Å². The molecule has 0 spiro atoms. The molecular formula is C16H20N4O4S2. The third kappa shape index (κ3) is 4.02. The highest BCUT2D eigenvalue weighted by atomic mass is 32.2. The summed E-state index contributed by atoms with van der Waals surface area (Å²) in [4.78, 5) is 12.4. The van der Waals surface area contributed by atoms with Gasteiger partial charge in [-0.1, -0.05) is 10.6 Å². The van der Waals surface area contributed by atoms with Gasteiger partial charge in [-0.3, -0.25) is 4.79 Å². The Hall–Kier alpha value is -2.04. The van der Waals surface area contributed by atoms with Crippen LogP contribution < -0.4 is 10.1 Å².